The highest BCUT2D eigenvalue weighted by Crippen LogP contribution is 2.38. The van der Waals surface area contributed by atoms with Crippen molar-refractivity contribution in [2.24, 2.45) is 0 Å². The number of anilines is 1. The molecule has 1 fully saturated rings. The lowest BCUT2D eigenvalue weighted by molar-refractivity contribution is 0.0981. The number of rotatable bonds is 7. The molecule has 0 radical (unpaired) electrons. The van der Waals surface area contributed by atoms with Gasteiger partial charge in [0.15, 0.2) is 0 Å². The van der Waals surface area contributed by atoms with Gasteiger partial charge < -0.3 is 4.90 Å². The smallest absolute Gasteiger partial charge is 0.303 e. The summed E-state index contributed by atoms with van der Waals surface area (Å²) < 4.78 is 57.3. The number of hydrogen-bond donors (Lipinski definition) is 1. The Balaban J connectivity index is 1.63. The molecule has 1 amide bonds. The third-order valence-electron chi connectivity index (χ3n) is 5.82. The van der Waals surface area contributed by atoms with Crippen molar-refractivity contribution in [3.63, 3.8) is 0 Å². The van der Waals surface area contributed by atoms with Gasteiger partial charge in [0.25, 0.3) is 5.91 Å². The summed E-state index contributed by atoms with van der Waals surface area (Å²) in [5.74, 6) is -1.88. The largest absolute Gasteiger partial charge is 0.364 e. The van der Waals surface area contributed by atoms with Gasteiger partial charge in [0.1, 0.15) is 11.6 Å². The number of nitrogens with one attached hydrogen (secondary N) is 1. The fraction of sp³-hybridized carbons (Fsp3) is 0.318. The molecule has 0 saturated carbocycles. The molecule has 1 N–H and O–H groups in total. The maximum Gasteiger partial charge on any atom is 0.303 e. The Bertz CT molecular complexity index is 1390. The van der Waals surface area contributed by atoms with Gasteiger partial charge in [-0.15, -0.1) is 0 Å². The van der Waals surface area contributed by atoms with Crippen LogP contribution in [0.2, 0.25) is 0 Å². The minimum Gasteiger partial charge on any atom is -0.364 e. The van der Waals surface area contributed by atoms with Crippen molar-refractivity contribution in [1.82, 2.24) is 18.6 Å². The number of aromatic nitrogens is 2. The number of carbonyl (C=O) groups excluding carboxylic acids is 1. The van der Waals surface area contributed by atoms with Crippen LogP contribution in [0.4, 0.5) is 14.5 Å². The van der Waals surface area contributed by atoms with Crippen molar-refractivity contribution < 1.29 is 22.0 Å². The summed E-state index contributed by atoms with van der Waals surface area (Å²) >= 11 is 0. The number of amides is 1. The van der Waals surface area contributed by atoms with E-state index in [9.17, 15) is 22.0 Å². The average Bonchev–Trinajstić information content (AvgIpc) is 3.45. The lowest BCUT2D eigenvalue weighted by Crippen LogP contribution is -2.41. The number of carbonyl (C=O) groups is 1. The van der Waals surface area contributed by atoms with Crippen LogP contribution in [0.15, 0.2) is 42.7 Å². The number of nitrogens with zero attached hydrogens (tertiary/aromatic N) is 5. The van der Waals surface area contributed by atoms with E-state index in [1.807, 2.05) is 15.7 Å². The second kappa shape index (κ2) is 9.36. The van der Waals surface area contributed by atoms with E-state index >= 15 is 0 Å². The molecule has 1 atom stereocenters. The number of halogens is 2. The Morgan fingerprint density at radius 1 is 1.32 bits per heavy atom. The van der Waals surface area contributed by atoms with E-state index in [0.717, 1.165) is 22.9 Å². The molecule has 0 aliphatic carbocycles. The van der Waals surface area contributed by atoms with Gasteiger partial charge in [-0.05, 0) is 43.2 Å². The summed E-state index contributed by atoms with van der Waals surface area (Å²) in [5, 5.41) is 12.8. The summed E-state index contributed by atoms with van der Waals surface area (Å²) in [6, 6.07) is 8.27. The van der Waals surface area contributed by atoms with Gasteiger partial charge in [0.05, 0.1) is 29.4 Å². The zero-order chi connectivity index (χ0) is 24.5. The van der Waals surface area contributed by atoms with Crippen LogP contribution in [0.25, 0.3) is 5.52 Å². The normalized spacial score (nSPS) is 16.2. The number of fused-ring (bicyclic) bond motifs is 1. The first-order valence-electron chi connectivity index (χ1n) is 10.6. The maximum atomic E-state index is 14.4. The molecule has 3 heterocycles. The first-order valence-corrected chi connectivity index (χ1v) is 12.0. The second-order valence-electron chi connectivity index (χ2n) is 7.96. The van der Waals surface area contributed by atoms with Crippen molar-refractivity contribution >= 4 is 27.3 Å². The molecule has 34 heavy (non-hydrogen) atoms. The highest BCUT2D eigenvalue weighted by Gasteiger charge is 2.30. The van der Waals surface area contributed by atoms with Gasteiger partial charge in [-0.2, -0.15) is 23.1 Å². The summed E-state index contributed by atoms with van der Waals surface area (Å²) in [4.78, 5) is 14.7. The zero-order valence-electron chi connectivity index (χ0n) is 18.3. The average molecular weight is 489 g/mol. The molecular formula is C22H22F2N6O3S. The van der Waals surface area contributed by atoms with Crippen molar-refractivity contribution in [2.45, 2.75) is 25.3 Å². The molecule has 9 nitrogen and oxygen atoms in total. The molecule has 4 rings (SSSR count). The quantitative estimate of drug-likeness (QED) is 0.548. The monoisotopic (exact) mass is 488 g/mol. The third-order valence-corrected chi connectivity index (χ3v) is 7.27. The Morgan fingerprint density at radius 3 is 2.88 bits per heavy atom. The fourth-order valence-corrected chi connectivity index (χ4v) is 4.90. The van der Waals surface area contributed by atoms with E-state index in [1.165, 1.54) is 23.8 Å². The summed E-state index contributed by atoms with van der Waals surface area (Å²) in [6.07, 6.45) is 4.25. The molecule has 3 aromatic rings. The number of pyridine rings is 1. The van der Waals surface area contributed by atoms with Gasteiger partial charge >= 0.3 is 10.2 Å². The topological polar surface area (TPSA) is 111 Å². The maximum absolute atomic E-state index is 14.4. The van der Waals surface area contributed by atoms with Crippen LogP contribution in [-0.2, 0) is 10.2 Å². The van der Waals surface area contributed by atoms with Crippen molar-refractivity contribution in [3.8, 4) is 6.07 Å². The summed E-state index contributed by atoms with van der Waals surface area (Å²) in [5.41, 5.74) is 1.32. The van der Waals surface area contributed by atoms with Crippen LogP contribution in [0, 0.1) is 23.0 Å². The van der Waals surface area contributed by atoms with Crippen molar-refractivity contribution in [2.75, 3.05) is 25.0 Å². The van der Waals surface area contributed by atoms with E-state index in [2.05, 4.69) is 5.10 Å². The first kappa shape index (κ1) is 23.6. The minimum absolute atomic E-state index is 0.0193. The van der Waals surface area contributed by atoms with Crippen molar-refractivity contribution in [1.29, 1.82) is 5.26 Å². The SMILES string of the molecule is CN(CCC#N)S(=O)(=O)NC(=O)c1cnn2ccc(N3CCCC3c3cc(F)ccc3F)cc12. The van der Waals surface area contributed by atoms with Gasteiger partial charge in [0.2, 0.25) is 0 Å². The molecule has 0 spiro atoms. The van der Waals surface area contributed by atoms with Crippen LogP contribution in [0.1, 0.15) is 41.2 Å². The Kier molecular flexibility index (Phi) is 6.49. The van der Waals surface area contributed by atoms with Crippen LogP contribution in [0.5, 0.6) is 0 Å². The number of hydrogen-bond acceptors (Lipinski definition) is 6. The van der Waals surface area contributed by atoms with Gasteiger partial charge in [-0.3, -0.25) is 4.79 Å². The lowest BCUT2D eigenvalue weighted by Gasteiger charge is -2.27. The number of benzene rings is 1. The standard InChI is InChI=1S/C22H22F2N6O3S/c1-28(9-3-8-25)34(32,33)27-22(31)18-14-26-30-11-7-16(13-21(18)30)29-10-2-4-20(29)17-12-15(23)5-6-19(17)24/h5-7,11-14,20H,2-4,9-10H2,1H3,(H,27,31). The van der Waals surface area contributed by atoms with E-state index in [1.54, 1.807) is 18.3 Å². The molecule has 1 unspecified atom stereocenters. The van der Waals surface area contributed by atoms with E-state index in [-0.39, 0.29) is 30.1 Å². The number of nitriles is 1. The van der Waals surface area contributed by atoms with E-state index < -0.39 is 27.8 Å². The fourth-order valence-electron chi connectivity index (χ4n) is 4.07. The molecule has 2 aromatic heterocycles. The highest BCUT2D eigenvalue weighted by atomic mass is 32.2. The molecule has 1 aliphatic rings. The van der Waals surface area contributed by atoms with E-state index in [0.29, 0.717) is 24.2 Å². The van der Waals surface area contributed by atoms with Gasteiger partial charge in [0, 0.05) is 44.0 Å². The zero-order valence-corrected chi connectivity index (χ0v) is 19.1. The Labute approximate surface area is 195 Å². The van der Waals surface area contributed by atoms with Crippen LogP contribution < -0.4 is 9.62 Å². The van der Waals surface area contributed by atoms with Crippen LogP contribution >= 0.6 is 0 Å². The molecule has 1 aliphatic heterocycles. The van der Waals surface area contributed by atoms with Gasteiger partial charge in [-0.1, -0.05) is 0 Å². The molecular weight excluding hydrogens is 466 g/mol. The molecule has 1 aromatic carbocycles. The predicted octanol–water partition coefficient (Wildman–Crippen LogP) is 2.77. The summed E-state index contributed by atoms with van der Waals surface area (Å²) in [6.45, 7) is 0.537. The van der Waals surface area contributed by atoms with Crippen LogP contribution in [0.3, 0.4) is 0 Å². The Hall–Kier alpha value is -3.56. The first-order chi connectivity index (χ1) is 16.2. The molecule has 1 saturated heterocycles. The molecule has 178 valence electrons. The van der Waals surface area contributed by atoms with Crippen LogP contribution in [-0.4, -0.2) is 48.4 Å². The summed E-state index contributed by atoms with van der Waals surface area (Å²) in [7, 11) is -2.88. The highest BCUT2D eigenvalue weighted by molar-refractivity contribution is 7.87. The van der Waals surface area contributed by atoms with Crippen molar-refractivity contribution in [3.05, 3.63) is 65.5 Å². The van der Waals surface area contributed by atoms with Gasteiger partial charge in [-0.25, -0.2) is 18.0 Å². The molecule has 12 heteroatoms. The second-order valence-corrected chi connectivity index (χ2v) is 9.73. The molecule has 0 bridgehead atoms. The Morgan fingerprint density at radius 2 is 2.12 bits per heavy atom. The lowest BCUT2D eigenvalue weighted by atomic mass is 10.0. The van der Waals surface area contributed by atoms with E-state index in [4.69, 9.17) is 5.26 Å². The third kappa shape index (κ3) is 4.57. The minimum atomic E-state index is -4.15. The predicted molar refractivity (Wildman–Crippen MR) is 120 cm³/mol.